The van der Waals surface area contributed by atoms with E-state index in [1.54, 1.807) is 18.9 Å². The molecule has 1 aliphatic rings. The first kappa shape index (κ1) is 16.2. The number of alkyl halides is 3. The Kier molecular flexibility index (Phi) is 5.61. The van der Waals surface area contributed by atoms with Gasteiger partial charge in [-0.2, -0.15) is 13.2 Å². The topological polar surface area (TPSA) is 43.8 Å². The predicted molar refractivity (Wildman–Crippen MR) is 64.5 cm³/mol. The molecule has 19 heavy (non-hydrogen) atoms. The molecule has 1 amide bonds. The predicted octanol–water partition coefficient (Wildman–Crippen LogP) is 1.10. The molecule has 1 aliphatic heterocycles. The van der Waals surface area contributed by atoms with E-state index in [0.29, 0.717) is 13.0 Å². The molecule has 1 saturated heterocycles. The summed E-state index contributed by atoms with van der Waals surface area (Å²) in [5.41, 5.74) is 0. The van der Waals surface area contributed by atoms with Crippen LogP contribution in [0.15, 0.2) is 0 Å². The number of amides is 1. The van der Waals surface area contributed by atoms with Crippen molar-refractivity contribution in [2.24, 2.45) is 5.92 Å². The fourth-order valence-corrected chi connectivity index (χ4v) is 2.08. The van der Waals surface area contributed by atoms with E-state index in [4.69, 9.17) is 5.11 Å². The zero-order valence-electron chi connectivity index (χ0n) is 11.3. The van der Waals surface area contributed by atoms with Crippen molar-refractivity contribution in [1.29, 1.82) is 0 Å². The van der Waals surface area contributed by atoms with Crippen molar-refractivity contribution >= 4 is 5.91 Å². The number of hydrogen-bond donors (Lipinski definition) is 1. The van der Waals surface area contributed by atoms with Crippen molar-refractivity contribution < 1.29 is 23.1 Å². The third-order valence-corrected chi connectivity index (χ3v) is 3.64. The molecule has 0 aliphatic carbocycles. The second-order valence-corrected chi connectivity index (χ2v) is 5.17. The van der Waals surface area contributed by atoms with Crippen molar-refractivity contribution in [1.82, 2.24) is 9.80 Å². The standard InChI is InChI=1S/C12H21F3N2O2/c1-9(8-18)16(2)7-11(19)17-5-3-4-10(6-17)12(13,14)15/h9-10,18H,3-8H2,1-2H3. The maximum absolute atomic E-state index is 12.6. The summed E-state index contributed by atoms with van der Waals surface area (Å²) < 4.78 is 37.9. The molecule has 0 aromatic rings. The first-order valence-corrected chi connectivity index (χ1v) is 6.41. The zero-order chi connectivity index (χ0) is 14.6. The number of carbonyl (C=O) groups is 1. The van der Waals surface area contributed by atoms with Gasteiger partial charge < -0.3 is 10.0 Å². The number of carbonyl (C=O) groups excluding carboxylic acids is 1. The normalized spacial score (nSPS) is 22.7. The summed E-state index contributed by atoms with van der Waals surface area (Å²) in [4.78, 5) is 14.9. The number of likely N-dealkylation sites (N-methyl/N-ethyl adjacent to an activating group) is 1. The highest BCUT2D eigenvalue weighted by Gasteiger charge is 2.42. The van der Waals surface area contributed by atoms with Gasteiger partial charge in [0.1, 0.15) is 0 Å². The molecule has 1 N–H and O–H groups in total. The van der Waals surface area contributed by atoms with E-state index < -0.39 is 12.1 Å². The first-order valence-electron chi connectivity index (χ1n) is 6.41. The largest absolute Gasteiger partial charge is 0.395 e. The number of nitrogens with zero attached hydrogens (tertiary/aromatic N) is 2. The summed E-state index contributed by atoms with van der Waals surface area (Å²) in [6.07, 6.45) is -3.76. The number of piperidine rings is 1. The number of aliphatic hydroxyl groups excluding tert-OH is 1. The minimum atomic E-state index is -4.23. The highest BCUT2D eigenvalue weighted by Crippen LogP contribution is 2.33. The van der Waals surface area contributed by atoms with Crippen LogP contribution in [0.5, 0.6) is 0 Å². The Morgan fingerprint density at radius 3 is 2.68 bits per heavy atom. The molecule has 112 valence electrons. The fraction of sp³-hybridized carbons (Fsp3) is 0.917. The van der Waals surface area contributed by atoms with Crippen LogP contribution >= 0.6 is 0 Å². The summed E-state index contributed by atoms with van der Waals surface area (Å²) in [5, 5.41) is 8.96. The number of halogens is 3. The van der Waals surface area contributed by atoms with Crippen molar-refractivity contribution in [2.45, 2.75) is 32.0 Å². The van der Waals surface area contributed by atoms with Crippen molar-refractivity contribution in [2.75, 3.05) is 33.3 Å². The maximum atomic E-state index is 12.6. The molecule has 7 heteroatoms. The summed E-state index contributed by atoms with van der Waals surface area (Å²) in [6, 6.07) is -0.188. The molecule has 0 saturated carbocycles. The lowest BCUT2D eigenvalue weighted by Crippen LogP contribution is -2.48. The monoisotopic (exact) mass is 282 g/mol. The molecule has 0 aromatic heterocycles. The van der Waals surface area contributed by atoms with Crippen molar-refractivity contribution in [3.63, 3.8) is 0 Å². The van der Waals surface area contributed by atoms with E-state index in [2.05, 4.69) is 0 Å². The van der Waals surface area contributed by atoms with Gasteiger partial charge in [0.2, 0.25) is 5.91 Å². The Balaban J connectivity index is 2.53. The number of rotatable bonds is 4. The zero-order valence-corrected chi connectivity index (χ0v) is 11.3. The van der Waals surface area contributed by atoms with Crippen LogP contribution in [0, 0.1) is 5.92 Å². The Morgan fingerprint density at radius 1 is 1.53 bits per heavy atom. The minimum Gasteiger partial charge on any atom is -0.395 e. The van der Waals surface area contributed by atoms with Gasteiger partial charge in [-0.3, -0.25) is 9.69 Å². The van der Waals surface area contributed by atoms with Gasteiger partial charge in [-0.25, -0.2) is 0 Å². The van der Waals surface area contributed by atoms with E-state index in [1.807, 2.05) is 0 Å². The molecule has 1 rings (SSSR count). The Bertz CT molecular complexity index is 310. The molecule has 2 atom stereocenters. The lowest BCUT2D eigenvalue weighted by molar-refractivity contribution is -0.188. The van der Waals surface area contributed by atoms with Crippen LogP contribution in [-0.4, -0.2) is 66.3 Å². The van der Waals surface area contributed by atoms with Gasteiger partial charge in [-0.1, -0.05) is 0 Å². The third kappa shape index (κ3) is 4.65. The van der Waals surface area contributed by atoms with Crippen LogP contribution in [0.2, 0.25) is 0 Å². The van der Waals surface area contributed by atoms with Crippen molar-refractivity contribution in [3.8, 4) is 0 Å². The van der Waals surface area contributed by atoms with E-state index in [9.17, 15) is 18.0 Å². The van der Waals surface area contributed by atoms with E-state index in [-0.39, 0.29) is 38.1 Å². The smallest absolute Gasteiger partial charge is 0.393 e. The highest BCUT2D eigenvalue weighted by molar-refractivity contribution is 5.78. The molecule has 0 bridgehead atoms. The summed E-state index contributed by atoms with van der Waals surface area (Å²) in [6.45, 7) is 1.83. The van der Waals surface area contributed by atoms with Crippen LogP contribution in [0.4, 0.5) is 13.2 Å². The van der Waals surface area contributed by atoms with Crippen LogP contribution < -0.4 is 0 Å². The van der Waals surface area contributed by atoms with Crippen molar-refractivity contribution in [3.05, 3.63) is 0 Å². The van der Waals surface area contributed by atoms with Gasteiger partial charge in [-0.05, 0) is 26.8 Å². The van der Waals surface area contributed by atoms with Gasteiger partial charge >= 0.3 is 6.18 Å². The van der Waals surface area contributed by atoms with Crippen LogP contribution in [0.3, 0.4) is 0 Å². The summed E-state index contributed by atoms with van der Waals surface area (Å²) in [5.74, 6) is -1.72. The summed E-state index contributed by atoms with van der Waals surface area (Å²) >= 11 is 0. The molecular formula is C12H21F3N2O2. The van der Waals surface area contributed by atoms with Gasteiger partial charge in [-0.15, -0.1) is 0 Å². The van der Waals surface area contributed by atoms with E-state index in [1.165, 1.54) is 4.90 Å². The molecule has 0 spiro atoms. The quantitative estimate of drug-likeness (QED) is 0.840. The van der Waals surface area contributed by atoms with Gasteiger partial charge in [0.05, 0.1) is 19.1 Å². The minimum absolute atomic E-state index is 0.0340. The Labute approximate surface area is 111 Å². The average Bonchev–Trinajstić information content (AvgIpc) is 2.36. The van der Waals surface area contributed by atoms with Gasteiger partial charge in [0, 0.05) is 19.1 Å². The molecular weight excluding hydrogens is 261 g/mol. The SMILES string of the molecule is CC(CO)N(C)CC(=O)N1CCCC(C(F)(F)F)C1. The molecule has 0 radical (unpaired) electrons. The van der Waals surface area contributed by atoms with Crippen LogP contribution in [0.25, 0.3) is 0 Å². The molecule has 4 nitrogen and oxygen atoms in total. The molecule has 1 heterocycles. The van der Waals surface area contributed by atoms with Gasteiger partial charge in [0.25, 0.3) is 0 Å². The molecule has 0 aromatic carbocycles. The lowest BCUT2D eigenvalue weighted by atomic mass is 9.97. The maximum Gasteiger partial charge on any atom is 0.393 e. The van der Waals surface area contributed by atoms with Crippen LogP contribution in [0.1, 0.15) is 19.8 Å². The number of aliphatic hydroxyl groups is 1. The van der Waals surface area contributed by atoms with Gasteiger partial charge in [0.15, 0.2) is 0 Å². The lowest BCUT2D eigenvalue weighted by Gasteiger charge is -2.35. The summed E-state index contributed by atoms with van der Waals surface area (Å²) in [7, 11) is 1.67. The molecule has 1 fully saturated rings. The van der Waals surface area contributed by atoms with E-state index in [0.717, 1.165) is 0 Å². The second kappa shape index (κ2) is 6.56. The number of hydrogen-bond acceptors (Lipinski definition) is 3. The highest BCUT2D eigenvalue weighted by atomic mass is 19.4. The third-order valence-electron chi connectivity index (χ3n) is 3.64. The van der Waals surface area contributed by atoms with E-state index >= 15 is 0 Å². The second-order valence-electron chi connectivity index (χ2n) is 5.17. The fourth-order valence-electron chi connectivity index (χ4n) is 2.08. The first-order chi connectivity index (χ1) is 8.75. The Morgan fingerprint density at radius 2 is 2.16 bits per heavy atom. The Hall–Kier alpha value is -0.820. The molecule has 2 unspecified atom stereocenters. The average molecular weight is 282 g/mol. The number of likely N-dealkylation sites (tertiary alicyclic amines) is 1. The van der Waals surface area contributed by atoms with Crippen LogP contribution in [-0.2, 0) is 4.79 Å².